The maximum Gasteiger partial charge on any atom is 0.358 e. The number of hydrogen-bond acceptors (Lipinski definition) is 4. The molecule has 1 heterocycles. The molecule has 0 aliphatic heterocycles. The van der Waals surface area contributed by atoms with Crippen LogP contribution >= 0.6 is 0 Å². The molecule has 0 amide bonds. The lowest BCUT2D eigenvalue weighted by Crippen LogP contribution is -2.08. The summed E-state index contributed by atoms with van der Waals surface area (Å²) >= 11 is 0. The van der Waals surface area contributed by atoms with E-state index in [9.17, 15) is 4.79 Å². The zero-order valence-corrected chi connectivity index (χ0v) is 7.80. The van der Waals surface area contributed by atoms with E-state index in [0.717, 1.165) is 0 Å². The molecule has 76 valence electrons. The average molecular weight is 197 g/mol. The SMILES string of the molecule is C=CCn1nnc(C(=O)O)c1COC. The molecule has 0 spiro atoms. The average Bonchev–Trinajstić information content (AvgIpc) is 2.50. The van der Waals surface area contributed by atoms with Gasteiger partial charge in [0, 0.05) is 7.11 Å². The number of nitrogens with zero attached hydrogens (tertiary/aromatic N) is 3. The molecule has 1 aromatic heterocycles. The van der Waals surface area contributed by atoms with Gasteiger partial charge in [-0.1, -0.05) is 11.3 Å². The molecule has 0 bridgehead atoms. The minimum atomic E-state index is -1.10. The molecular formula is C8H11N3O3. The Bertz CT molecular complexity index is 346. The standard InChI is InChI=1S/C8H11N3O3/c1-3-4-11-6(5-14-2)7(8(12)13)9-10-11/h3H,1,4-5H2,2H3,(H,12,13). The zero-order valence-electron chi connectivity index (χ0n) is 7.80. The fourth-order valence-corrected chi connectivity index (χ4v) is 1.05. The molecule has 0 aliphatic carbocycles. The van der Waals surface area contributed by atoms with Gasteiger partial charge in [-0.3, -0.25) is 0 Å². The molecular weight excluding hydrogens is 186 g/mol. The number of carboxylic acid groups (broad SMARTS) is 1. The number of carboxylic acids is 1. The first-order valence-electron chi connectivity index (χ1n) is 3.96. The van der Waals surface area contributed by atoms with Crippen LogP contribution in [0.25, 0.3) is 0 Å². The first-order valence-corrected chi connectivity index (χ1v) is 3.96. The van der Waals surface area contributed by atoms with Crippen molar-refractivity contribution in [2.24, 2.45) is 0 Å². The van der Waals surface area contributed by atoms with Crippen molar-refractivity contribution in [1.29, 1.82) is 0 Å². The highest BCUT2D eigenvalue weighted by Crippen LogP contribution is 2.06. The van der Waals surface area contributed by atoms with E-state index in [-0.39, 0.29) is 12.3 Å². The Kier molecular flexibility index (Phi) is 3.35. The van der Waals surface area contributed by atoms with Gasteiger partial charge < -0.3 is 9.84 Å². The van der Waals surface area contributed by atoms with Crippen LogP contribution in [0.2, 0.25) is 0 Å². The number of ether oxygens (including phenoxy) is 1. The summed E-state index contributed by atoms with van der Waals surface area (Å²) in [7, 11) is 1.48. The van der Waals surface area contributed by atoms with Gasteiger partial charge in [-0.25, -0.2) is 9.48 Å². The van der Waals surface area contributed by atoms with Crippen molar-refractivity contribution in [3.8, 4) is 0 Å². The highest BCUT2D eigenvalue weighted by atomic mass is 16.5. The predicted molar refractivity (Wildman–Crippen MR) is 47.9 cm³/mol. The van der Waals surface area contributed by atoms with Gasteiger partial charge in [-0.2, -0.15) is 0 Å². The van der Waals surface area contributed by atoms with E-state index in [1.807, 2.05) is 0 Å². The molecule has 6 nitrogen and oxygen atoms in total. The predicted octanol–water partition coefficient (Wildman–Crippen LogP) is 0.309. The maximum absolute atomic E-state index is 10.7. The van der Waals surface area contributed by atoms with Crippen molar-refractivity contribution in [1.82, 2.24) is 15.0 Å². The zero-order chi connectivity index (χ0) is 10.6. The van der Waals surface area contributed by atoms with E-state index in [1.165, 1.54) is 11.8 Å². The molecule has 0 saturated heterocycles. The fourth-order valence-electron chi connectivity index (χ4n) is 1.05. The smallest absolute Gasteiger partial charge is 0.358 e. The molecule has 0 radical (unpaired) electrons. The van der Waals surface area contributed by atoms with Crippen molar-refractivity contribution in [3.05, 3.63) is 24.0 Å². The molecule has 1 N–H and O–H groups in total. The number of aromatic carboxylic acids is 1. The Balaban J connectivity index is 3.05. The Morgan fingerprint density at radius 1 is 1.79 bits per heavy atom. The van der Waals surface area contributed by atoms with Crippen LogP contribution in [0.4, 0.5) is 0 Å². The molecule has 14 heavy (non-hydrogen) atoms. The van der Waals surface area contributed by atoms with Crippen molar-refractivity contribution in [2.75, 3.05) is 7.11 Å². The van der Waals surface area contributed by atoms with E-state index in [0.29, 0.717) is 12.2 Å². The van der Waals surface area contributed by atoms with Gasteiger partial charge in [0.25, 0.3) is 0 Å². The largest absolute Gasteiger partial charge is 0.476 e. The minimum Gasteiger partial charge on any atom is -0.476 e. The third-order valence-corrected chi connectivity index (χ3v) is 1.62. The lowest BCUT2D eigenvalue weighted by molar-refractivity contribution is 0.0684. The summed E-state index contributed by atoms with van der Waals surface area (Å²) < 4.78 is 6.31. The number of hydrogen-bond donors (Lipinski definition) is 1. The van der Waals surface area contributed by atoms with Gasteiger partial charge in [-0.15, -0.1) is 11.7 Å². The second kappa shape index (κ2) is 4.52. The molecule has 0 aliphatic rings. The topological polar surface area (TPSA) is 77.2 Å². The molecule has 0 saturated carbocycles. The van der Waals surface area contributed by atoms with Gasteiger partial charge in [0.15, 0.2) is 5.69 Å². The van der Waals surface area contributed by atoms with Crippen molar-refractivity contribution in [2.45, 2.75) is 13.2 Å². The van der Waals surface area contributed by atoms with Crippen LogP contribution in [-0.2, 0) is 17.9 Å². The molecule has 1 aromatic rings. The lowest BCUT2D eigenvalue weighted by atomic mass is 10.3. The summed E-state index contributed by atoms with van der Waals surface area (Å²) in [6.07, 6.45) is 1.61. The molecule has 0 aromatic carbocycles. The molecule has 6 heteroatoms. The van der Waals surface area contributed by atoms with Gasteiger partial charge in [0.2, 0.25) is 0 Å². The first-order chi connectivity index (χ1) is 6.70. The quantitative estimate of drug-likeness (QED) is 0.687. The molecule has 1 rings (SSSR count). The maximum atomic E-state index is 10.7. The molecule has 0 atom stereocenters. The Morgan fingerprint density at radius 3 is 3.00 bits per heavy atom. The number of rotatable bonds is 5. The highest BCUT2D eigenvalue weighted by Gasteiger charge is 2.17. The third kappa shape index (κ3) is 1.97. The first kappa shape index (κ1) is 10.4. The summed E-state index contributed by atoms with van der Waals surface area (Å²) in [6, 6.07) is 0. The van der Waals surface area contributed by atoms with Crippen molar-refractivity contribution < 1.29 is 14.6 Å². The molecule has 0 fully saturated rings. The minimum absolute atomic E-state index is 0.0753. The number of methoxy groups -OCH3 is 1. The van der Waals surface area contributed by atoms with Crippen LogP contribution in [0.1, 0.15) is 16.2 Å². The monoisotopic (exact) mass is 197 g/mol. The highest BCUT2D eigenvalue weighted by molar-refractivity contribution is 5.86. The van der Waals surface area contributed by atoms with E-state index < -0.39 is 5.97 Å². The van der Waals surface area contributed by atoms with E-state index in [4.69, 9.17) is 9.84 Å². The van der Waals surface area contributed by atoms with Gasteiger partial charge in [-0.05, 0) is 0 Å². The summed E-state index contributed by atoms with van der Waals surface area (Å²) in [5, 5.41) is 16.0. The summed E-state index contributed by atoms with van der Waals surface area (Å²) in [5.41, 5.74) is 0.369. The Labute approximate surface area is 80.8 Å². The Hall–Kier alpha value is -1.69. The Morgan fingerprint density at radius 2 is 2.50 bits per heavy atom. The van der Waals surface area contributed by atoms with E-state index in [1.54, 1.807) is 6.08 Å². The van der Waals surface area contributed by atoms with Gasteiger partial charge in [0.1, 0.15) is 0 Å². The van der Waals surface area contributed by atoms with Crippen molar-refractivity contribution >= 4 is 5.97 Å². The lowest BCUT2D eigenvalue weighted by Gasteiger charge is -2.02. The van der Waals surface area contributed by atoms with Crippen LogP contribution in [0.3, 0.4) is 0 Å². The summed E-state index contributed by atoms with van der Waals surface area (Å²) in [5.74, 6) is -1.10. The van der Waals surface area contributed by atoms with Crippen LogP contribution in [-0.4, -0.2) is 33.2 Å². The normalized spacial score (nSPS) is 10.1. The summed E-state index contributed by atoms with van der Waals surface area (Å²) in [6.45, 7) is 4.12. The number of aromatic nitrogens is 3. The van der Waals surface area contributed by atoms with Crippen LogP contribution in [0.5, 0.6) is 0 Å². The van der Waals surface area contributed by atoms with Crippen LogP contribution < -0.4 is 0 Å². The second-order valence-corrected chi connectivity index (χ2v) is 2.59. The second-order valence-electron chi connectivity index (χ2n) is 2.59. The fraction of sp³-hybridized carbons (Fsp3) is 0.375. The van der Waals surface area contributed by atoms with Crippen molar-refractivity contribution in [3.63, 3.8) is 0 Å². The molecule has 0 unspecified atom stereocenters. The van der Waals surface area contributed by atoms with Crippen LogP contribution in [0.15, 0.2) is 12.7 Å². The van der Waals surface area contributed by atoms with Crippen LogP contribution in [0, 0.1) is 0 Å². The van der Waals surface area contributed by atoms with E-state index >= 15 is 0 Å². The number of allylic oxidation sites excluding steroid dienone is 1. The van der Waals surface area contributed by atoms with Gasteiger partial charge >= 0.3 is 5.97 Å². The number of carbonyl (C=O) groups is 1. The third-order valence-electron chi connectivity index (χ3n) is 1.62. The summed E-state index contributed by atoms with van der Waals surface area (Å²) in [4.78, 5) is 10.7. The van der Waals surface area contributed by atoms with Gasteiger partial charge in [0.05, 0.1) is 18.8 Å². The van der Waals surface area contributed by atoms with E-state index in [2.05, 4.69) is 16.9 Å².